The SMILES string of the molecule is O=C(Cc1csc(NC(=O)c2cccs2)n1)Nc1cccc(Br)c1. The minimum absolute atomic E-state index is 0.151. The van der Waals surface area contributed by atoms with Crippen molar-refractivity contribution in [3.63, 3.8) is 0 Å². The molecule has 0 aliphatic heterocycles. The fourth-order valence-corrected chi connectivity index (χ4v) is 3.67. The normalized spacial score (nSPS) is 10.4. The molecule has 2 heterocycles. The summed E-state index contributed by atoms with van der Waals surface area (Å²) in [4.78, 5) is 28.9. The molecular weight excluding hydrogens is 410 g/mol. The summed E-state index contributed by atoms with van der Waals surface area (Å²) in [7, 11) is 0. The zero-order valence-electron chi connectivity index (χ0n) is 12.3. The van der Waals surface area contributed by atoms with Gasteiger partial charge in [-0.1, -0.05) is 28.1 Å². The van der Waals surface area contributed by atoms with Crippen molar-refractivity contribution in [2.24, 2.45) is 0 Å². The van der Waals surface area contributed by atoms with Crippen LogP contribution >= 0.6 is 38.6 Å². The average molecular weight is 422 g/mol. The molecule has 122 valence electrons. The topological polar surface area (TPSA) is 71.1 Å². The van der Waals surface area contributed by atoms with Crippen molar-refractivity contribution in [3.8, 4) is 0 Å². The third kappa shape index (κ3) is 4.50. The fourth-order valence-electron chi connectivity index (χ4n) is 1.95. The largest absolute Gasteiger partial charge is 0.326 e. The van der Waals surface area contributed by atoms with Gasteiger partial charge in [-0.05, 0) is 29.6 Å². The van der Waals surface area contributed by atoms with Gasteiger partial charge in [0.25, 0.3) is 5.91 Å². The Hall–Kier alpha value is -2.03. The van der Waals surface area contributed by atoms with Gasteiger partial charge in [-0.3, -0.25) is 14.9 Å². The lowest BCUT2D eigenvalue weighted by Crippen LogP contribution is -2.15. The molecule has 1 aromatic carbocycles. The Morgan fingerprint density at radius 2 is 2.00 bits per heavy atom. The monoisotopic (exact) mass is 421 g/mol. The van der Waals surface area contributed by atoms with Crippen molar-refractivity contribution in [2.45, 2.75) is 6.42 Å². The summed E-state index contributed by atoms with van der Waals surface area (Å²) in [5.41, 5.74) is 1.34. The van der Waals surface area contributed by atoms with Gasteiger partial charge in [-0.25, -0.2) is 4.98 Å². The molecule has 2 N–H and O–H groups in total. The smallest absolute Gasteiger partial charge is 0.267 e. The van der Waals surface area contributed by atoms with Gasteiger partial charge in [0.2, 0.25) is 5.91 Å². The minimum Gasteiger partial charge on any atom is -0.326 e. The second-order valence-corrected chi connectivity index (χ2v) is 7.53. The van der Waals surface area contributed by atoms with Gasteiger partial charge in [0.1, 0.15) is 0 Å². The first-order valence-electron chi connectivity index (χ1n) is 6.95. The Kier molecular flexibility index (Phi) is 5.39. The molecule has 0 spiro atoms. The van der Waals surface area contributed by atoms with Gasteiger partial charge in [0, 0.05) is 15.5 Å². The van der Waals surface area contributed by atoms with Crippen molar-refractivity contribution in [2.75, 3.05) is 10.6 Å². The number of halogens is 1. The number of amides is 2. The number of hydrogen-bond acceptors (Lipinski definition) is 5. The van der Waals surface area contributed by atoms with E-state index in [1.54, 1.807) is 11.4 Å². The summed E-state index contributed by atoms with van der Waals surface area (Å²) >= 11 is 6.03. The number of thiazole rings is 1. The van der Waals surface area contributed by atoms with Crippen LogP contribution < -0.4 is 10.6 Å². The third-order valence-electron chi connectivity index (χ3n) is 2.97. The van der Waals surface area contributed by atoms with Crippen LogP contribution in [0.25, 0.3) is 0 Å². The summed E-state index contributed by atoms with van der Waals surface area (Å²) in [6.07, 6.45) is 0.151. The molecular formula is C16H12BrN3O2S2. The molecule has 0 atom stereocenters. The van der Waals surface area contributed by atoms with E-state index in [4.69, 9.17) is 0 Å². The Morgan fingerprint density at radius 3 is 2.75 bits per heavy atom. The molecule has 2 aromatic heterocycles. The van der Waals surface area contributed by atoms with Crippen LogP contribution in [0.1, 0.15) is 15.4 Å². The number of carbonyl (C=O) groups excluding carboxylic acids is 2. The highest BCUT2D eigenvalue weighted by atomic mass is 79.9. The van der Waals surface area contributed by atoms with Crippen molar-refractivity contribution < 1.29 is 9.59 Å². The summed E-state index contributed by atoms with van der Waals surface area (Å²) in [6, 6.07) is 10.9. The van der Waals surface area contributed by atoms with Crippen molar-refractivity contribution in [3.05, 3.63) is 62.2 Å². The zero-order valence-corrected chi connectivity index (χ0v) is 15.5. The zero-order chi connectivity index (χ0) is 16.9. The molecule has 2 amide bonds. The Morgan fingerprint density at radius 1 is 1.12 bits per heavy atom. The molecule has 0 radical (unpaired) electrons. The lowest BCUT2D eigenvalue weighted by atomic mass is 10.3. The molecule has 24 heavy (non-hydrogen) atoms. The Bertz CT molecular complexity index is 862. The van der Waals surface area contributed by atoms with Crippen LogP contribution in [0.3, 0.4) is 0 Å². The van der Waals surface area contributed by atoms with E-state index in [2.05, 4.69) is 31.5 Å². The molecule has 0 saturated heterocycles. The van der Waals surface area contributed by atoms with E-state index >= 15 is 0 Å². The first-order chi connectivity index (χ1) is 11.6. The molecule has 0 aliphatic carbocycles. The van der Waals surface area contributed by atoms with E-state index in [1.165, 1.54) is 22.7 Å². The molecule has 3 rings (SSSR count). The van der Waals surface area contributed by atoms with Gasteiger partial charge in [0.05, 0.1) is 17.0 Å². The second kappa shape index (κ2) is 7.69. The first kappa shape index (κ1) is 16.8. The van der Waals surface area contributed by atoms with E-state index in [0.29, 0.717) is 15.7 Å². The summed E-state index contributed by atoms with van der Waals surface area (Å²) < 4.78 is 0.896. The number of nitrogens with one attached hydrogen (secondary N) is 2. The number of carbonyl (C=O) groups is 2. The minimum atomic E-state index is -0.190. The van der Waals surface area contributed by atoms with E-state index in [9.17, 15) is 9.59 Å². The predicted octanol–water partition coefficient (Wildman–Crippen LogP) is 4.40. The lowest BCUT2D eigenvalue weighted by Gasteiger charge is -2.04. The maximum atomic E-state index is 12.1. The summed E-state index contributed by atoms with van der Waals surface area (Å²) in [6.45, 7) is 0. The van der Waals surface area contributed by atoms with Crippen LogP contribution in [0.4, 0.5) is 10.8 Å². The summed E-state index contributed by atoms with van der Waals surface area (Å²) in [5, 5.41) is 9.64. The van der Waals surface area contributed by atoms with Crippen LogP contribution in [-0.2, 0) is 11.2 Å². The number of rotatable bonds is 5. The van der Waals surface area contributed by atoms with E-state index in [-0.39, 0.29) is 18.2 Å². The molecule has 0 fully saturated rings. The van der Waals surface area contributed by atoms with Crippen LogP contribution in [0.15, 0.2) is 51.6 Å². The van der Waals surface area contributed by atoms with Gasteiger partial charge in [0.15, 0.2) is 5.13 Å². The Balaban J connectivity index is 1.57. The highest BCUT2D eigenvalue weighted by Gasteiger charge is 2.12. The average Bonchev–Trinajstić information content (AvgIpc) is 3.19. The molecule has 0 saturated carbocycles. The quantitative estimate of drug-likeness (QED) is 0.640. The highest BCUT2D eigenvalue weighted by molar-refractivity contribution is 9.10. The predicted molar refractivity (Wildman–Crippen MR) is 101 cm³/mol. The third-order valence-corrected chi connectivity index (χ3v) is 5.14. The fraction of sp³-hybridized carbons (Fsp3) is 0.0625. The maximum absolute atomic E-state index is 12.1. The highest BCUT2D eigenvalue weighted by Crippen LogP contribution is 2.19. The van der Waals surface area contributed by atoms with Crippen LogP contribution in [0.2, 0.25) is 0 Å². The molecule has 0 bridgehead atoms. The number of hydrogen-bond donors (Lipinski definition) is 2. The molecule has 3 aromatic rings. The number of nitrogens with zero attached hydrogens (tertiary/aromatic N) is 1. The van der Waals surface area contributed by atoms with E-state index in [0.717, 1.165) is 10.2 Å². The molecule has 0 unspecified atom stereocenters. The summed E-state index contributed by atoms with van der Waals surface area (Å²) in [5.74, 6) is -0.348. The van der Waals surface area contributed by atoms with Crippen LogP contribution in [0, 0.1) is 0 Å². The first-order valence-corrected chi connectivity index (χ1v) is 9.50. The van der Waals surface area contributed by atoms with Gasteiger partial charge in [-0.15, -0.1) is 22.7 Å². The van der Waals surface area contributed by atoms with E-state index < -0.39 is 0 Å². The number of aromatic nitrogens is 1. The lowest BCUT2D eigenvalue weighted by molar-refractivity contribution is -0.115. The van der Waals surface area contributed by atoms with Crippen LogP contribution in [-0.4, -0.2) is 16.8 Å². The van der Waals surface area contributed by atoms with Crippen molar-refractivity contribution >= 4 is 61.2 Å². The van der Waals surface area contributed by atoms with Gasteiger partial charge in [-0.2, -0.15) is 0 Å². The molecule has 5 nitrogen and oxygen atoms in total. The van der Waals surface area contributed by atoms with Gasteiger partial charge < -0.3 is 5.32 Å². The second-order valence-electron chi connectivity index (χ2n) is 4.81. The van der Waals surface area contributed by atoms with Gasteiger partial charge >= 0.3 is 0 Å². The number of thiophene rings is 1. The maximum Gasteiger partial charge on any atom is 0.267 e. The van der Waals surface area contributed by atoms with Crippen LogP contribution in [0.5, 0.6) is 0 Å². The number of anilines is 2. The van der Waals surface area contributed by atoms with E-state index in [1.807, 2.05) is 35.7 Å². The Labute approximate surface area is 154 Å². The standard InChI is InChI=1S/C16H12BrN3O2S2/c17-10-3-1-4-11(7-10)18-14(21)8-12-9-24-16(19-12)20-15(22)13-5-2-6-23-13/h1-7,9H,8H2,(H,18,21)(H,19,20,22). The molecule has 8 heteroatoms. The van der Waals surface area contributed by atoms with Crippen molar-refractivity contribution in [1.82, 2.24) is 4.98 Å². The van der Waals surface area contributed by atoms with Crippen molar-refractivity contribution in [1.29, 1.82) is 0 Å². The molecule has 0 aliphatic rings. The number of benzene rings is 1.